The van der Waals surface area contributed by atoms with Gasteiger partial charge in [0.05, 0.1) is 17.8 Å². The second-order valence-corrected chi connectivity index (χ2v) is 5.80. The maximum Gasteiger partial charge on any atom is 0.432 e. The summed E-state index contributed by atoms with van der Waals surface area (Å²) in [6.45, 7) is -0.554. The lowest BCUT2D eigenvalue weighted by molar-refractivity contribution is -0.143. The summed E-state index contributed by atoms with van der Waals surface area (Å²) in [5.74, 6) is -2.41. The first-order chi connectivity index (χ1) is 13.1. The minimum absolute atomic E-state index is 0.181. The second-order valence-electron chi connectivity index (χ2n) is 5.40. The molecule has 0 spiro atoms. The molecule has 0 aliphatic carbocycles. The van der Waals surface area contributed by atoms with E-state index in [2.05, 4.69) is 9.72 Å². The van der Waals surface area contributed by atoms with Crippen molar-refractivity contribution in [2.45, 2.75) is 6.18 Å². The van der Waals surface area contributed by atoms with Crippen molar-refractivity contribution < 1.29 is 31.8 Å². The summed E-state index contributed by atoms with van der Waals surface area (Å²) in [7, 11) is 1.13. The summed E-state index contributed by atoms with van der Waals surface area (Å²) in [4.78, 5) is 27.3. The highest BCUT2D eigenvalue weighted by Gasteiger charge is 2.35. The molecule has 0 unspecified atom stereocenters. The van der Waals surface area contributed by atoms with E-state index < -0.39 is 47.3 Å². The van der Waals surface area contributed by atoms with Crippen LogP contribution >= 0.6 is 11.6 Å². The SMILES string of the molecule is COC(=O)COc1cc(-n2c(=O)cc(C(F)(F)F)n3ccnc23)c(F)cc1Cl. The number of hydrogen-bond donors (Lipinski definition) is 0. The number of carbonyl (C=O) groups is 1. The Labute approximate surface area is 158 Å². The number of aromatic nitrogens is 3. The number of ether oxygens (including phenoxy) is 2. The standard InChI is InChI=1S/C16H10ClF4N3O4/c1-27-14(26)7-28-11-5-10(9(18)4-8(11)17)24-13(25)6-12(16(19,20)21)23-3-2-22-15(23)24/h2-6H,7H2,1H3. The van der Waals surface area contributed by atoms with E-state index in [0.717, 1.165) is 31.6 Å². The number of carbonyl (C=O) groups excluding carboxylic acids is 1. The number of halogens is 5. The average Bonchev–Trinajstić information content (AvgIpc) is 3.09. The van der Waals surface area contributed by atoms with E-state index in [1.807, 2.05) is 0 Å². The number of esters is 1. The van der Waals surface area contributed by atoms with Crippen LogP contribution in [0.1, 0.15) is 5.69 Å². The number of hydrogen-bond acceptors (Lipinski definition) is 5. The van der Waals surface area contributed by atoms with E-state index in [1.165, 1.54) is 0 Å². The summed E-state index contributed by atoms with van der Waals surface area (Å²) in [6.07, 6.45) is -2.82. The van der Waals surface area contributed by atoms with Gasteiger partial charge in [-0.2, -0.15) is 13.2 Å². The van der Waals surface area contributed by atoms with Crippen LogP contribution in [-0.4, -0.2) is 33.6 Å². The fourth-order valence-corrected chi connectivity index (χ4v) is 2.64. The van der Waals surface area contributed by atoms with Gasteiger partial charge in [0.1, 0.15) is 17.3 Å². The Hall–Kier alpha value is -3.08. The molecule has 0 fully saturated rings. The minimum atomic E-state index is -4.83. The van der Waals surface area contributed by atoms with Crippen molar-refractivity contribution in [2.75, 3.05) is 13.7 Å². The predicted octanol–water partition coefficient (Wildman–Crippen LogP) is 2.85. The highest BCUT2D eigenvalue weighted by molar-refractivity contribution is 6.32. The lowest BCUT2D eigenvalue weighted by Crippen LogP contribution is -2.26. The van der Waals surface area contributed by atoms with Gasteiger partial charge in [-0.05, 0) is 6.07 Å². The molecule has 2 aromatic heterocycles. The lowest BCUT2D eigenvalue weighted by atomic mass is 10.2. The number of alkyl halides is 3. The molecule has 0 atom stereocenters. The van der Waals surface area contributed by atoms with Crippen LogP contribution in [0, 0.1) is 5.82 Å². The fourth-order valence-electron chi connectivity index (χ4n) is 2.44. The Morgan fingerprint density at radius 2 is 2.00 bits per heavy atom. The number of rotatable bonds is 4. The Morgan fingerprint density at radius 1 is 1.29 bits per heavy atom. The first kappa shape index (κ1) is 19.7. The molecule has 28 heavy (non-hydrogen) atoms. The van der Waals surface area contributed by atoms with E-state index in [0.29, 0.717) is 15.0 Å². The zero-order valence-electron chi connectivity index (χ0n) is 14.0. The number of fused-ring (bicyclic) bond motifs is 1. The van der Waals surface area contributed by atoms with Crippen molar-refractivity contribution >= 4 is 23.3 Å². The molecule has 7 nitrogen and oxygen atoms in total. The third-order valence-electron chi connectivity index (χ3n) is 3.67. The van der Waals surface area contributed by atoms with E-state index in [1.54, 1.807) is 0 Å². The van der Waals surface area contributed by atoms with Crippen molar-refractivity contribution in [2.24, 2.45) is 0 Å². The Morgan fingerprint density at radius 3 is 2.64 bits per heavy atom. The van der Waals surface area contributed by atoms with Crippen molar-refractivity contribution in [1.29, 1.82) is 0 Å². The summed E-state index contributed by atoms with van der Waals surface area (Å²) >= 11 is 5.86. The lowest BCUT2D eigenvalue weighted by Gasteiger charge is -2.15. The molecule has 0 saturated heterocycles. The molecule has 148 valence electrons. The summed E-state index contributed by atoms with van der Waals surface area (Å²) in [5, 5.41) is -0.218. The van der Waals surface area contributed by atoms with Gasteiger partial charge >= 0.3 is 12.1 Å². The van der Waals surface area contributed by atoms with Gasteiger partial charge in [0.25, 0.3) is 5.56 Å². The van der Waals surface area contributed by atoms with Gasteiger partial charge in [-0.25, -0.2) is 18.7 Å². The van der Waals surface area contributed by atoms with Crippen molar-refractivity contribution in [3.63, 3.8) is 0 Å². The minimum Gasteiger partial charge on any atom is -0.480 e. The van der Waals surface area contributed by atoms with Crippen LogP contribution in [0.4, 0.5) is 17.6 Å². The molecule has 12 heteroatoms. The van der Waals surface area contributed by atoms with Gasteiger partial charge in [0.2, 0.25) is 5.78 Å². The summed E-state index contributed by atoms with van der Waals surface area (Å²) in [5.41, 5.74) is -2.90. The van der Waals surface area contributed by atoms with Crippen molar-refractivity contribution in [3.05, 3.63) is 57.5 Å². The highest BCUT2D eigenvalue weighted by atomic mass is 35.5. The number of imidazole rings is 1. The van der Waals surface area contributed by atoms with E-state index in [-0.39, 0.29) is 10.8 Å². The molecule has 2 heterocycles. The smallest absolute Gasteiger partial charge is 0.432 e. The van der Waals surface area contributed by atoms with Gasteiger partial charge in [-0.3, -0.25) is 9.20 Å². The molecule has 0 N–H and O–H groups in total. The number of methoxy groups -OCH3 is 1. The van der Waals surface area contributed by atoms with E-state index >= 15 is 0 Å². The molecule has 0 aliphatic rings. The van der Waals surface area contributed by atoms with Crippen LogP contribution in [0.25, 0.3) is 11.5 Å². The van der Waals surface area contributed by atoms with Crippen LogP contribution in [0.3, 0.4) is 0 Å². The van der Waals surface area contributed by atoms with Gasteiger partial charge in [0, 0.05) is 24.5 Å². The molecular weight excluding hydrogens is 410 g/mol. The molecule has 0 radical (unpaired) electrons. The van der Waals surface area contributed by atoms with Crippen LogP contribution in [0.2, 0.25) is 5.02 Å². The first-order valence-electron chi connectivity index (χ1n) is 7.49. The zero-order valence-corrected chi connectivity index (χ0v) is 14.7. The van der Waals surface area contributed by atoms with Crippen LogP contribution in [0.5, 0.6) is 5.75 Å². The second kappa shape index (κ2) is 7.15. The predicted molar refractivity (Wildman–Crippen MR) is 88.3 cm³/mol. The Bertz CT molecular complexity index is 1120. The maximum absolute atomic E-state index is 14.5. The zero-order chi connectivity index (χ0) is 20.6. The summed E-state index contributed by atoms with van der Waals surface area (Å²) in [6, 6.07) is 2.09. The third kappa shape index (κ3) is 3.52. The average molecular weight is 420 g/mol. The monoisotopic (exact) mass is 419 g/mol. The van der Waals surface area contributed by atoms with E-state index in [4.69, 9.17) is 16.3 Å². The summed E-state index contributed by atoms with van der Waals surface area (Å²) < 4.78 is 64.7. The van der Waals surface area contributed by atoms with Crippen LogP contribution < -0.4 is 10.3 Å². The topological polar surface area (TPSA) is 74.8 Å². The Balaban J connectivity index is 2.20. The fraction of sp³-hybridized carbons (Fsp3) is 0.188. The van der Waals surface area contributed by atoms with Gasteiger partial charge in [-0.1, -0.05) is 11.6 Å². The molecule has 0 aliphatic heterocycles. The molecule has 1 aromatic carbocycles. The number of nitrogens with zero attached hydrogens (tertiary/aromatic N) is 3. The largest absolute Gasteiger partial charge is 0.480 e. The van der Waals surface area contributed by atoms with Crippen LogP contribution in [-0.2, 0) is 15.7 Å². The molecule has 3 rings (SSSR count). The van der Waals surface area contributed by atoms with E-state index in [9.17, 15) is 27.2 Å². The molecule has 0 bridgehead atoms. The number of benzene rings is 1. The molecule has 3 aromatic rings. The molecule has 0 amide bonds. The normalized spacial score (nSPS) is 11.6. The first-order valence-corrected chi connectivity index (χ1v) is 7.86. The highest BCUT2D eigenvalue weighted by Crippen LogP contribution is 2.32. The maximum atomic E-state index is 14.5. The Kier molecular flexibility index (Phi) is 5.02. The van der Waals surface area contributed by atoms with Gasteiger partial charge in [0.15, 0.2) is 6.61 Å². The van der Waals surface area contributed by atoms with Crippen molar-refractivity contribution in [3.8, 4) is 11.4 Å². The van der Waals surface area contributed by atoms with Crippen molar-refractivity contribution in [1.82, 2.24) is 14.0 Å². The van der Waals surface area contributed by atoms with Crippen LogP contribution in [0.15, 0.2) is 35.4 Å². The van der Waals surface area contributed by atoms with Gasteiger partial charge < -0.3 is 9.47 Å². The molecular formula is C16H10ClF4N3O4. The third-order valence-corrected chi connectivity index (χ3v) is 3.96. The van der Waals surface area contributed by atoms with Gasteiger partial charge in [-0.15, -0.1) is 0 Å². The molecule has 0 saturated carbocycles. The quantitative estimate of drug-likeness (QED) is 0.480.